The van der Waals surface area contributed by atoms with E-state index in [4.69, 9.17) is 0 Å². The van der Waals surface area contributed by atoms with Gasteiger partial charge in [-0.2, -0.15) is 0 Å². The van der Waals surface area contributed by atoms with E-state index in [1.54, 1.807) is 30.5 Å². The van der Waals surface area contributed by atoms with Crippen molar-refractivity contribution >= 4 is 22.5 Å². The zero-order chi connectivity index (χ0) is 20.1. The molecule has 0 aliphatic rings. The standard InChI is InChI=1S/C21H21N3O4/c1-2-3-6-18(25)23-19(15-7-10-16(11-8-15)24(27)28)17-12-9-14-5-4-13-22-20(14)21(17)26/h4-5,7-13,19,26H,2-3,6H2,1H3,(H,23,25). The average molecular weight is 379 g/mol. The van der Waals surface area contributed by atoms with E-state index in [-0.39, 0.29) is 17.3 Å². The second-order valence-electron chi connectivity index (χ2n) is 6.53. The number of aromatic hydroxyl groups is 1. The number of phenols is 1. The second kappa shape index (κ2) is 8.47. The Morgan fingerprint density at radius 2 is 1.96 bits per heavy atom. The number of carbonyl (C=O) groups excluding carboxylic acids is 1. The van der Waals surface area contributed by atoms with Gasteiger partial charge in [0.2, 0.25) is 5.91 Å². The van der Waals surface area contributed by atoms with Gasteiger partial charge in [0.25, 0.3) is 5.69 Å². The second-order valence-corrected chi connectivity index (χ2v) is 6.53. The summed E-state index contributed by atoms with van der Waals surface area (Å²) in [5.41, 5.74) is 1.53. The first-order chi connectivity index (χ1) is 13.5. The van der Waals surface area contributed by atoms with Crippen LogP contribution < -0.4 is 5.32 Å². The van der Waals surface area contributed by atoms with Crippen LogP contribution in [0.3, 0.4) is 0 Å². The van der Waals surface area contributed by atoms with Gasteiger partial charge in [-0.15, -0.1) is 0 Å². The molecule has 3 rings (SSSR count). The average Bonchev–Trinajstić information content (AvgIpc) is 2.71. The molecule has 2 N–H and O–H groups in total. The molecule has 7 heteroatoms. The molecular weight excluding hydrogens is 358 g/mol. The molecule has 1 amide bonds. The summed E-state index contributed by atoms with van der Waals surface area (Å²) in [6, 6.07) is 12.5. The van der Waals surface area contributed by atoms with Crippen molar-refractivity contribution in [1.29, 1.82) is 0 Å². The number of unbranched alkanes of at least 4 members (excludes halogenated alkanes) is 1. The number of non-ortho nitro benzene ring substituents is 1. The molecule has 7 nitrogen and oxygen atoms in total. The lowest BCUT2D eigenvalue weighted by molar-refractivity contribution is -0.384. The van der Waals surface area contributed by atoms with Crippen molar-refractivity contribution in [3.05, 3.63) is 76.0 Å². The molecule has 0 radical (unpaired) electrons. The van der Waals surface area contributed by atoms with E-state index >= 15 is 0 Å². The zero-order valence-corrected chi connectivity index (χ0v) is 15.5. The third-order valence-corrected chi connectivity index (χ3v) is 4.59. The molecular formula is C21H21N3O4. The number of fused-ring (bicyclic) bond motifs is 1. The highest BCUT2D eigenvalue weighted by molar-refractivity contribution is 5.86. The smallest absolute Gasteiger partial charge is 0.269 e. The number of rotatable bonds is 7. The van der Waals surface area contributed by atoms with Gasteiger partial charge < -0.3 is 10.4 Å². The van der Waals surface area contributed by atoms with E-state index in [0.29, 0.717) is 23.1 Å². The summed E-state index contributed by atoms with van der Waals surface area (Å²) >= 11 is 0. The normalized spacial score (nSPS) is 11.9. The highest BCUT2D eigenvalue weighted by Crippen LogP contribution is 2.35. The van der Waals surface area contributed by atoms with Crippen LogP contribution in [0.5, 0.6) is 5.75 Å². The Kier molecular flexibility index (Phi) is 5.84. The van der Waals surface area contributed by atoms with Crippen LogP contribution in [0.15, 0.2) is 54.7 Å². The lowest BCUT2D eigenvalue weighted by Gasteiger charge is -2.21. The van der Waals surface area contributed by atoms with E-state index in [0.717, 1.165) is 18.2 Å². The van der Waals surface area contributed by atoms with Crippen molar-refractivity contribution in [3.63, 3.8) is 0 Å². The van der Waals surface area contributed by atoms with Gasteiger partial charge in [0, 0.05) is 35.7 Å². The number of nitro groups is 1. The minimum atomic E-state index is -0.642. The Hall–Kier alpha value is -3.48. The summed E-state index contributed by atoms with van der Waals surface area (Å²) in [5, 5.41) is 25.5. The number of hydrogen-bond acceptors (Lipinski definition) is 5. The first-order valence-corrected chi connectivity index (χ1v) is 9.11. The molecule has 1 heterocycles. The van der Waals surface area contributed by atoms with Gasteiger partial charge in [0.05, 0.1) is 11.0 Å². The Morgan fingerprint density at radius 3 is 2.64 bits per heavy atom. The zero-order valence-electron chi connectivity index (χ0n) is 15.5. The van der Waals surface area contributed by atoms with Crippen LogP contribution in [0.1, 0.15) is 43.4 Å². The molecule has 1 aromatic heterocycles. The van der Waals surface area contributed by atoms with Crippen LogP contribution in [0.2, 0.25) is 0 Å². The van der Waals surface area contributed by atoms with E-state index in [2.05, 4.69) is 10.3 Å². The van der Waals surface area contributed by atoms with Gasteiger partial charge in [-0.3, -0.25) is 19.9 Å². The fraction of sp³-hybridized carbons (Fsp3) is 0.238. The van der Waals surface area contributed by atoms with E-state index in [1.807, 2.05) is 19.1 Å². The van der Waals surface area contributed by atoms with Crippen molar-refractivity contribution in [2.75, 3.05) is 0 Å². The summed E-state index contributed by atoms with van der Waals surface area (Å²) in [4.78, 5) is 27.1. The van der Waals surface area contributed by atoms with Gasteiger partial charge >= 0.3 is 0 Å². The summed E-state index contributed by atoms with van der Waals surface area (Å²) in [6.07, 6.45) is 3.60. The predicted molar refractivity (Wildman–Crippen MR) is 106 cm³/mol. The lowest BCUT2D eigenvalue weighted by Crippen LogP contribution is -2.29. The van der Waals surface area contributed by atoms with Gasteiger partial charge in [0.15, 0.2) is 0 Å². The number of benzene rings is 2. The maximum atomic E-state index is 12.4. The lowest BCUT2D eigenvalue weighted by atomic mass is 9.95. The summed E-state index contributed by atoms with van der Waals surface area (Å²) in [6.45, 7) is 2.00. The van der Waals surface area contributed by atoms with E-state index in [9.17, 15) is 20.0 Å². The summed E-state index contributed by atoms with van der Waals surface area (Å²) in [7, 11) is 0. The molecule has 3 aromatic rings. The molecule has 1 unspecified atom stereocenters. The van der Waals surface area contributed by atoms with Crippen LogP contribution in [-0.2, 0) is 4.79 Å². The number of phenolic OH excluding ortho intramolecular Hbond substituents is 1. The van der Waals surface area contributed by atoms with Gasteiger partial charge in [0.1, 0.15) is 11.3 Å². The van der Waals surface area contributed by atoms with Gasteiger partial charge in [-0.1, -0.05) is 31.5 Å². The summed E-state index contributed by atoms with van der Waals surface area (Å²) in [5.74, 6) is -0.164. The minimum Gasteiger partial charge on any atom is -0.505 e. The first kappa shape index (κ1) is 19.3. The van der Waals surface area contributed by atoms with Crippen molar-refractivity contribution in [2.24, 2.45) is 0 Å². The summed E-state index contributed by atoms with van der Waals surface area (Å²) < 4.78 is 0. The van der Waals surface area contributed by atoms with E-state index < -0.39 is 11.0 Å². The van der Waals surface area contributed by atoms with Crippen LogP contribution >= 0.6 is 0 Å². The Bertz CT molecular complexity index is 1000. The molecule has 0 saturated carbocycles. The van der Waals surface area contributed by atoms with Crippen LogP contribution in [0.4, 0.5) is 5.69 Å². The highest BCUT2D eigenvalue weighted by atomic mass is 16.6. The van der Waals surface area contributed by atoms with Gasteiger partial charge in [-0.05, 0) is 30.2 Å². The molecule has 0 fully saturated rings. The number of nitrogens with one attached hydrogen (secondary N) is 1. The highest BCUT2D eigenvalue weighted by Gasteiger charge is 2.22. The monoisotopic (exact) mass is 379 g/mol. The van der Waals surface area contributed by atoms with Crippen molar-refractivity contribution in [2.45, 2.75) is 32.2 Å². The number of nitro benzene ring substituents is 1. The molecule has 0 spiro atoms. The van der Waals surface area contributed by atoms with Crippen LogP contribution in [0.25, 0.3) is 10.9 Å². The van der Waals surface area contributed by atoms with Crippen LogP contribution in [-0.4, -0.2) is 20.9 Å². The first-order valence-electron chi connectivity index (χ1n) is 9.11. The molecule has 2 aromatic carbocycles. The van der Waals surface area contributed by atoms with Crippen molar-refractivity contribution in [3.8, 4) is 5.75 Å². The maximum absolute atomic E-state index is 12.4. The molecule has 1 atom stereocenters. The number of nitrogens with zero attached hydrogens (tertiary/aromatic N) is 2. The number of pyridine rings is 1. The minimum absolute atomic E-state index is 0.0164. The van der Waals surface area contributed by atoms with Crippen molar-refractivity contribution < 1.29 is 14.8 Å². The van der Waals surface area contributed by atoms with Crippen molar-refractivity contribution in [1.82, 2.24) is 10.3 Å². The van der Waals surface area contributed by atoms with Crippen LogP contribution in [0, 0.1) is 10.1 Å². The SMILES string of the molecule is CCCCC(=O)NC(c1ccc([N+](=O)[O-])cc1)c1ccc2cccnc2c1O. The largest absolute Gasteiger partial charge is 0.505 e. The fourth-order valence-electron chi connectivity index (χ4n) is 3.08. The number of aromatic nitrogens is 1. The maximum Gasteiger partial charge on any atom is 0.269 e. The Balaban J connectivity index is 2.04. The molecule has 0 saturated heterocycles. The predicted octanol–water partition coefficient (Wildman–Crippen LogP) is 4.24. The Labute approximate surface area is 162 Å². The quantitative estimate of drug-likeness (QED) is 0.472. The molecule has 0 aliphatic carbocycles. The number of hydrogen-bond donors (Lipinski definition) is 2. The topological polar surface area (TPSA) is 105 Å². The number of carbonyl (C=O) groups is 1. The molecule has 0 bridgehead atoms. The third kappa shape index (κ3) is 4.09. The number of amides is 1. The van der Waals surface area contributed by atoms with E-state index in [1.165, 1.54) is 12.1 Å². The molecule has 28 heavy (non-hydrogen) atoms. The van der Waals surface area contributed by atoms with Gasteiger partial charge in [-0.25, -0.2) is 0 Å². The third-order valence-electron chi connectivity index (χ3n) is 4.59. The Morgan fingerprint density at radius 1 is 1.21 bits per heavy atom. The fourth-order valence-corrected chi connectivity index (χ4v) is 3.08. The molecule has 144 valence electrons. The molecule has 0 aliphatic heterocycles.